The third-order valence-electron chi connectivity index (χ3n) is 5.59. The number of rotatable bonds is 6. The normalized spacial score (nSPS) is 15.1. The molecule has 36 heavy (non-hydrogen) atoms. The van der Waals surface area contributed by atoms with Crippen molar-refractivity contribution in [2.75, 3.05) is 21.3 Å². The molecule has 1 aliphatic rings. The van der Waals surface area contributed by atoms with E-state index in [1.807, 2.05) is 0 Å². The molecule has 0 N–H and O–H groups in total. The lowest BCUT2D eigenvalue weighted by atomic mass is 9.95. The molecule has 0 saturated heterocycles. The minimum atomic E-state index is -0.776. The number of aromatic nitrogens is 1. The molecule has 0 spiro atoms. The zero-order chi connectivity index (χ0) is 26.0. The lowest BCUT2D eigenvalue weighted by molar-refractivity contribution is -0.136. The van der Waals surface area contributed by atoms with E-state index in [0.717, 1.165) is 5.56 Å². The van der Waals surface area contributed by atoms with Gasteiger partial charge in [0.15, 0.2) is 16.3 Å². The highest BCUT2D eigenvalue weighted by Crippen LogP contribution is 2.35. The van der Waals surface area contributed by atoms with Gasteiger partial charge in [0.1, 0.15) is 5.75 Å². The fourth-order valence-electron chi connectivity index (χ4n) is 3.98. The predicted octanol–water partition coefficient (Wildman–Crippen LogP) is 2.35. The Morgan fingerprint density at radius 3 is 2.33 bits per heavy atom. The molecule has 0 bridgehead atoms. The molecular weight excluding hydrogens is 484 g/mol. The molecule has 186 valence electrons. The van der Waals surface area contributed by atoms with Crippen molar-refractivity contribution in [3.8, 4) is 17.2 Å². The van der Waals surface area contributed by atoms with Crippen LogP contribution in [0.3, 0.4) is 0 Å². The third kappa shape index (κ3) is 4.67. The average molecular weight is 509 g/mol. The van der Waals surface area contributed by atoms with E-state index in [1.165, 1.54) is 44.2 Å². The van der Waals surface area contributed by atoms with Crippen molar-refractivity contribution in [2.45, 2.75) is 19.9 Å². The quantitative estimate of drug-likeness (QED) is 0.372. The van der Waals surface area contributed by atoms with Gasteiger partial charge in [-0.15, -0.1) is 0 Å². The highest BCUT2D eigenvalue weighted by atomic mass is 32.1. The van der Waals surface area contributed by atoms with Crippen molar-refractivity contribution in [1.82, 2.24) is 4.57 Å². The highest BCUT2D eigenvalue weighted by Gasteiger charge is 2.33. The van der Waals surface area contributed by atoms with Crippen LogP contribution in [0.4, 0.5) is 0 Å². The standard InChI is InChI=1S/C26H24N2O7S/c1-14-22(25(31)34-5)23(17-8-11-19(32-3)20(13-17)33-4)28-24(30)21(36-26(28)27-14)12-16-6-9-18(10-7-16)35-15(2)29/h6-13,23H,1-5H3/b21-12+/t23-/m0/s1. The Morgan fingerprint density at radius 2 is 1.72 bits per heavy atom. The van der Waals surface area contributed by atoms with Crippen LogP contribution in [-0.4, -0.2) is 37.8 Å². The van der Waals surface area contributed by atoms with Crippen molar-refractivity contribution >= 4 is 29.4 Å². The maximum Gasteiger partial charge on any atom is 0.338 e. The summed E-state index contributed by atoms with van der Waals surface area (Å²) in [5, 5.41) is 0. The summed E-state index contributed by atoms with van der Waals surface area (Å²) in [4.78, 5) is 42.6. The second-order valence-corrected chi connectivity index (χ2v) is 8.86. The van der Waals surface area contributed by atoms with E-state index in [-0.39, 0.29) is 11.1 Å². The molecule has 2 heterocycles. The Hall–Kier alpha value is -4.18. The molecule has 0 radical (unpaired) electrons. The zero-order valence-corrected chi connectivity index (χ0v) is 21.2. The van der Waals surface area contributed by atoms with E-state index in [1.54, 1.807) is 55.5 Å². The Labute approximate surface area is 210 Å². The molecule has 0 unspecified atom stereocenters. The fourth-order valence-corrected chi connectivity index (χ4v) is 5.03. The molecule has 0 fully saturated rings. The highest BCUT2D eigenvalue weighted by molar-refractivity contribution is 7.07. The molecule has 1 atom stereocenters. The molecule has 0 aliphatic carbocycles. The first kappa shape index (κ1) is 24.9. The summed E-state index contributed by atoms with van der Waals surface area (Å²) in [7, 11) is 4.34. The number of nitrogens with zero attached hydrogens (tertiary/aromatic N) is 2. The van der Waals surface area contributed by atoms with Crippen molar-refractivity contribution in [3.63, 3.8) is 0 Å². The maximum absolute atomic E-state index is 13.6. The summed E-state index contributed by atoms with van der Waals surface area (Å²) in [6.07, 6.45) is 1.73. The molecule has 10 heteroatoms. The molecule has 4 rings (SSSR count). The maximum atomic E-state index is 13.6. The summed E-state index contributed by atoms with van der Waals surface area (Å²) in [5.41, 5.74) is 1.79. The number of hydrogen-bond acceptors (Lipinski definition) is 9. The summed E-state index contributed by atoms with van der Waals surface area (Å²) in [6.45, 7) is 3.04. The first-order chi connectivity index (χ1) is 17.3. The van der Waals surface area contributed by atoms with Gasteiger partial charge in [0.25, 0.3) is 5.56 Å². The topological polar surface area (TPSA) is 105 Å². The van der Waals surface area contributed by atoms with Crippen LogP contribution < -0.4 is 29.1 Å². The lowest BCUT2D eigenvalue weighted by Crippen LogP contribution is -2.39. The SMILES string of the molecule is COC(=O)C1=C(C)N=c2s/c(=C/c3ccc(OC(C)=O)cc3)c(=O)n2[C@H]1c1ccc(OC)c(OC)c1. The predicted molar refractivity (Wildman–Crippen MR) is 133 cm³/mol. The second kappa shape index (κ2) is 10.2. The summed E-state index contributed by atoms with van der Waals surface area (Å²) >= 11 is 1.21. The van der Waals surface area contributed by atoms with Crippen LogP contribution in [0.1, 0.15) is 31.0 Å². The third-order valence-corrected chi connectivity index (χ3v) is 6.57. The van der Waals surface area contributed by atoms with Gasteiger partial charge in [-0.1, -0.05) is 29.5 Å². The number of hydrogen-bond donors (Lipinski definition) is 0. The first-order valence-corrected chi connectivity index (χ1v) is 11.7. The smallest absolute Gasteiger partial charge is 0.338 e. The largest absolute Gasteiger partial charge is 0.493 e. The number of carbonyl (C=O) groups is 2. The van der Waals surface area contributed by atoms with E-state index >= 15 is 0 Å². The van der Waals surface area contributed by atoms with Gasteiger partial charge in [-0.2, -0.15) is 0 Å². The Kier molecular flexibility index (Phi) is 7.07. The molecule has 0 amide bonds. The van der Waals surface area contributed by atoms with E-state index < -0.39 is 18.0 Å². The number of thiazole rings is 1. The van der Waals surface area contributed by atoms with Gasteiger partial charge in [0, 0.05) is 6.92 Å². The van der Waals surface area contributed by atoms with E-state index in [4.69, 9.17) is 18.9 Å². The van der Waals surface area contributed by atoms with Crippen LogP contribution in [-0.2, 0) is 14.3 Å². The summed E-state index contributed by atoms with van der Waals surface area (Å²) < 4.78 is 22.8. The number of esters is 2. The van der Waals surface area contributed by atoms with Gasteiger partial charge in [-0.05, 0) is 48.4 Å². The Bertz CT molecular complexity index is 1550. The number of benzene rings is 2. The van der Waals surface area contributed by atoms with Crippen molar-refractivity contribution in [2.24, 2.45) is 4.99 Å². The number of ether oxygens (including phenoxy) is 4. The molecule has 0 saturated carbocycles. The monoisotopic (exact) mass is 508 g/mol. The Balaban J connectivity index is 1.89. The van der Waals surface area contributed by atoms with E-state index in [9.17, 15) is 14.4 Å². The van der Waals surface area contributed by atoms with Gasteiger partial charge in [0.05, 0.1) is 43.2 Å². The first-order valence-electron chi connectivity index (χ1n) is 10.9. The van der Waals surface area contributed by atoms with Crippen LogP contribution in [0, 0.1) is 0 Å². The average Bonchev–Trinajstić information content (AvgIpc) is 3.17. The van der Waals surface area contributed by atoms with Gasteiger partial charge < -0.3 is 18.9 Å². The van der Waals surface area contributed by atoms with Crippen LogP contribution in [0.25, 0.3) is 6.08 Å². The van der Waals surface area contributed by atoms with Crippen LogP contribution in [0.15, 0.2) is 63.5 Å². The fraction of sp³-hybridized carbons (Fsp3) is 0.231. The number of fused-ring (bicyclic) bond motifs is 1. The summed E-state index contributed by atoms with van der Waals surface area (Å²) in [5.74, 6) is 0.400. The van der Waals surface area contributed by atoms with Crippen molar-refractivity contribution < 1.29 is 28.5 Å². The van der Waals surface area contributed by atoms with Crippen molar-refractivity contribution in [3.05, 3.63) is 84.5 Å². The molecule has 2 aromatic carbocycles. The minimum absolute atomic E-state index is 0.259. The van der Waals surface area contributed by atoms with E-state index in [0.29, 0.717) is 37.8 Å². The van der Waals surface area contributed by atoms with Gasteiger partial charge in [-0.25, -0.2) is 9.79 Å². The molecule has 1 aromatic heterocycles. The lowest BCUT2D eigenvalue weighted by Gasteiger charge is -2.25. The Morgan fingerprint density at radius 1 is 1.03 bits per heavy atom. The van der Waals surface area contributed by atoms with Crippen LogP contribution in [0.5, 0.6) is 17.2 Å². The number of allylic oxidation sites excluding steroid dienone is 1. The number of carbonyl (C=O) groups excluding carboxylic acids is 2. The molecule has 1 aliphatic heterocycles. The van der Waals surface area contributed by atoms with Crippen LogP contribution >= 0.6 is 11.3 Å². The second-order valence-electron chi connectivity index (χ2n) is 7.85. The van der Waals surface area contributed by atoms with E-state index in [2.05, 4.69) is 4.99 Å². The van der Waals surface area contributed by atoms with Crippen LogP contribution in [0.2, 0.25) is 0 Å². The van der Waals surface area contributed by atoms with Crippen molar-refractivity contribution in [1.29, 1.82) is 0 Å². The minimum Gasteiger partial charge on any atom is -0.493 e. The van der Waals surface area contributed by atoms with Gasteiger partial charge in [-0.3, -0.25) is 14.2 Å². The number of methoxy groups -OCH3 is 3. The molecule has 9 nitrogen and oxygen atoms in total. The molecular formula is C26H24N2O7S. The van der Waals surface area contributed by atoms with Gasteiger partial charge >= 0.3 is 11.9 Å². The summed E-state index contributed by atoms with van der Waals surface area (Å²) in [6, 6.07) is 11.2. The molecule has 3 aromatic rings. The zero-order valence-electron chi connectivity index (χ0n) is 20.4. The van der Waals surface area contributed by atoms with Gasteiger partial charge in [0.2, 0.25) is 0 Å².